The minimum absolute atomic E-state index is 0.0351. The molecular weight excluding hydrogens is 688 g/mol. The third kappa shape index (κ3) is 7.15. The van der Waals surface area contributed by atoms with Gasteiger partial charge in [-0.1, -0.05) is 29.8 Å². The molecule has 0 radical (unpaired) electrons. The summed E-state index contributed by atoms with van der Waals surface area (Å²) in [5.41, 5.74) is 1.28. The van der Waals surface area contributed by atoms with Gasteiger partial charge in [0, 0.05) is 43.2 Å². The van der Waals surface area contributed by atoms with Gasteiger partial charge in [-0.05, 0) is 99.2 Å². The van der Waals surface area contributed by atoms with Gasteiger partial charge < -0.3 is 19.1 Å². The summed E-state index contributed by atoms with van der Waals surface area (Å²) in [6, 6.07) is 10.9. The molecule has 7 rings (SSSR count). The fourth-order valence-electron chi connectivity index (χ4n) is 8.23. The molecule has 1 saturated carbocycles. The van der Waals surface area contributed by atoms with Crippen LogP contribution in [0, 0.1) is 11.8 Å². The Kier molecular flexibility index (Phi) is 9.97. The number of ether oxygens (including phenoxy) is 3. The molecule has 9 nitrogen and oxygen atoms in total. The summed E-state index contributed by atoms with van der Waals surface area (Å²) < 4.78 is 76.1. The van der Waals surface area contributed by atoms with Crippen molar-refractivity contribution in [2.45, 2.75) is 80.3 Å². The normalized spacial score (nSPS) is 32.9. The Morgan fingerprint density at radius 3 is 2.64 bits per heavy atom. The van der Waals surface area contributed by atoms with E-state index >= 15 is 0 Å². The third-order valence-corrected chi connectivity index (χ3v) is 12.9. The van der Waals surface area contributed by atoms with Crippen molar-refractivity contribution in [2.24, 2.45) is 11.8 Å². The third-order valence-electron chi connectivity index (χ3n) is 11.3. The van der Waals surface area contributed by atoms with Gasteiger partial charge in [-0.2, -0.15) is 0 Å². The van der Waals surface area contributed by atoms with E-state index in [-0.39, 0.29) is 47.9 Å². The number of nitrogens with zero attached hydrogens (tertiary/aromatic N) is 2. The minimum Gasteiger partial charge on any atom is -0.490 e. The number of hydrogen-bond acceptors (Lipinski definition) is 8. The second-order valence-corrected chi connectivity index (χ2v) is 17.2. The van der Waals surface area contributed by atoms with Crippen molar-refractivity contribution in [3.8, 4) is 5.75 Å². The number of anilines is 1. The van der Waals surface area contributed by atoms with E-state index in [0.717, 1.165) is 32.1 Å². The van der Waals surface area contributed by atoms with E-state index in [1.807, 2.05) is 18.2 Å². The highest BCUT2D eigenvalue weighted by molar-refractivity contribution is 7.90. The number of fused-ring (bicyclic) bond motifs is 4. The summed E-state index contributed by atoms with van der Waals surface area (Å²) in [5.74, 6) is 0.157. The zero-order valence-electron chi connectivity index (χ0n) is 28.6. The molecule has 272 valence electrons. The van der Waals surface area contributed by atoms with Gasteiger partial charge >= 0.3 is 0 Å². The average Bonchev–Trinajstić information content (AvgIpc) is 3.29. The van der Waals surface area contributed by atoms with E-state index in [4.69, 9.17) is 25.8 Å². The van der Waals surface area contributed by atoms with Crippen LogP contribution in [0.15, 0.2) is 53.4 Å². The van der Waals surface area contributed by atoms with Crippen molar-refractivity contribution in [3.05, 3.63) is 64.7 Å². The lowest BCUT2D eigenvalue weighted by Crippen LogP contribution is -2.50. The second kappa shape index (κ2) is 14.0. The van der Waals surface area contributed by atoms with E-state index in [1.165, 1.54) is 31.0 Å². The van der Waals surface area contributed by atoms with Crippen LogP contribution in [0.5, 0.6) is 5.75 Å². The van der Waals surface area contributed by atoms with Crippen molar-refractivity contribution in [1.29, 1.82) is 0 Å². The predicted octanol–water partition coefficient (Wildman–Crippen LogP) is 5.39. The Hall–Kier alpha value is -2.77. The largest absolute Gasteiger partial charge is 0.490 e. The molecule has 3 heterocycles. The first-order valence-electron chi connectivity index (χ1n) is 17.6. The molecule has 13 heteroatoms. The van der Waals surface area contributed by atoms with E-state index < -0.39 is 33.9 Å². The molecule has 1 spiro atoms. The number of likely N-dealkylation sites (tertiary alicyclic amines) is 1. The molecule has 2 bridgehead atoms. The number of hydrogen-bond donors (Lipinski definition) is 1. The van der Waals surface area contributed by atoms with Crippen LogP contribution in [0.4, 0.5) is 14.5 Å². The van der Waals surface area contributed by atoms with Gasteiger partial charge in [0.2, 0.25) is 0 Å². The van der Waals surface area contributed by atoms with Crippen LogP contribution in [-0.4, -0.2) is 95.8 Å². The molecule has 0 unspecified atom stereocenters. The van der Waals surface area contributed by atoms with E-state index in [9.17, 15) is 22.0 Å². The maximum Gasteiger partial charge on any atom is 0.265 e. The van der Waals surface area contributed by atoms with Crippen molar-refractivity contribution >= 4 is 33.2 Å². The average molecular weight is 734 g/mol. The number of carbonyl (C=O) groups excluding carboxylic acids is 1. The van der Waals surface area contributed by atoms with E-state index in [0.29, 0.717) is 49.3 Å². The van der Waals surface area contributed by atoms with Gasteiger partial charge in [0.15, 0.2) is 0 Å². The number of rotatable bonds is 4. The lowest BCUT2D eigenvalue weighted by atomic mass is 9.68. The van der Waals surface area contributed by atoms with Crippen molar-refractivity contribution in [3.63, 3.8) is 0 Å². The summed E-state index contributed by atoms with van der Waals surface area (Å²) in [4.78, 5) is 17.2. The lowest BCUT2D eigenvalue weighted by Gasteiger charge is -2.46. The molecule has 2 aromatic carbocycles. The molecule has 3 aliphatic heterocycles. The first-order chi connectivity index (χ1) is 23.8. The Labute approximate surface area is 298 Å². The molecule has 1 N–H and O–H groups in total. The van der Waals surface area contributed by atoms with Crippen molar-refractivity contribution in [2.75, 3.05) is 57.4 Å². The zero-order chi connectivity index (χ0) is 35.3. The molecule has 50 heavy (non-hydrogen) atoms. The molecule has 1 saturated heterocycles. The maximum atomic E-state index is 13.9. The monoisotopic (exact) mass is 733 g/mol. The number of sulfonamides is 1. The van der Waals surface area contributed by atoms with E-state index in [1.54, 1.807) is 23.1 Å². The number of aryl methyl sites for hydroxylation is 1. The van der Waals surface area contributed by atoms with Gasteiger partial charge in [0.25, 0.3) is 15.9 Å². The fourth-order valence-corrected chi connectivity index (χ4v) is 9.55. The topological polar surface area (TPSA) is 97.4 Å². The van der Waals surface area contributed by atoms with Crippen molar-refractivity contribution < 1.29 is 36.2 Å². The minimum atomic E-state index is -4.24. The summed E-state index contributed by atoms with van der Waals surface area (Å²) in [6.07, 6.45) is 5.22. The van der Waals surface area contributed by atoms with Crippen LogP contribution in [0.2, 0.25) is 5.02 Å². The molecule has 2 fully saturated rings. The molecule has 2 aliphatic carbocycles. The van der Waals surface area contributed by atoms with Crippen LogP contribution in [-0.2, 0) is 36.1 Å². The number of halogens is 3. The summed E-state index contributed by atoms with van der Waals surface area (Å²) in [5, 5.41) is 0.698. The predicted molar refractivity (Wildman–Crippen MR) is 187 cm³/mol. The summed E-state index contributed by atoms with van der Waals surface area (Å²) in [7, 11) is -4.24. The number of carbonyl (C=O) groups is 1. The van der Waals surface area contributed by atoms with Gasteiger partial charge in [-0.15, -0.1) is 0 Å². The van der Waals surface area contributed by atoms with Gasteiger partial charge in [-0.25, -0.2) is 21.9 Å². The number of alkyl halides is 2. The van der Waals surface area contributed by atoms with Crippen LogP contribution >= 0.6 is 11.6 Å². The van der Waals surface area contributed by atoms with E-state index in [2.05, 4.69) is 15.7 Å². The molecule has 2 aromatic rings. The molecular formula is C37H46ClF2N3O6S. The molecule has 1 amide bonds. The summed E-state index contributed by atoms with van der Waals surface area (Å²) >= 11 is 6.43. The maximum absolute atomic E-state index is 13.9. The SMILES string of the molecule is CC1(C)OC/C=C\[C@H](OCCN2C[C@@H](F)[C@@H](F)C2)[C@@H]2CC[C@H]2CN2C[C@@]3(CCCc4cc(Cl)ccc43)COc3ccc(cc32)S(=O)(=O)NC1=O. The quantitative estimate of drug-likeness (QED) is 0.419. The Morgan fingerprint density at radius 2 is 1.88 bits per heavy atom. The first kappa shape index (κ1) is 35.6. The van der Waals surface area contributed by atoms with Gasteiger partial charge in [0.05, 0.1) is 36.5 Å². The molecule has 0 aromatic heterocycles. The van der Waals surface area contributed by atoms with Crippen molar-refractivity contribution in [1.82, 2.24) is 9.62 Å². The standard InChI is InChI=1S/C37H46ClF2N3O6S/c1-36(2)35(44)41-50(45,46)27-9-12-34-32(18-27)43(22-37(23-48-34)13-3-5-24-17-26(38)8-11-29(24)37)19-25-7-10-28(25)33(6-4-15-49-36)47-16-14-42-20-30(39)31(40)21-42/h4,6,8-9,11-12,17-18,25,28,30-31,33H,3,5,7,10,13-16,19-23H2,1-2H3,(H,41,44)/b6-4-/t25-,28+,30-,31+,33-,37-/m0/s1. The van der Waals surface area contributed by atoms with Gasteiger partial charge in [-0.3, -0.25) is 9.69 Å². The second-order valence-electron chi connectivity index (χ2n) is 15.0. The Bertz CT molecular complexity index is 1730. The lowest BCUT2D eigenvalue weighted by molar-refractivity contribution is -0.139. The highest BCUT2D eigenvalue weighted by Gasteiger charge is 2.45. The first-order valence-corrected chi connectivity index (χ1v) is 19.5. The highest BCUT2D eigenvalue weighted by atomic mass is 35.5. The van der Waals surface area contributed by atoms with Gasteiger partial charge in [0.1, 0.15) is 23.7 Å². The Balaban J connectivity index is 1.23. The molecule has 5 aliphatic rings. The zero-order valence-corrected chi connectivity index (χ0v) is 30.2. The summed E-state index contributed by atoms with van der Waals surface area (Å²) in [6.45, 7) is 5.65. The number of amides is 1. The van der Waals surface area contributed by atoms with Crippen LogP contribution in [0.25, 0.3) is 0 Å². The fraction of sp³-hybridized carbons (Fsp3) is 0.595. The number of benzene rings is 2. The van der Waals surface area contributed by atoms with Crippen LogP contribution in [0.3, 0.4) is 0 Å². The van der Waals surface area contributed by atoms with Crippen LogP contribution < -0.4 is 14.4 Å². The number of nitrogens with one attached hydrogen (secondary N) is 1. The Morgan fingerprint density at radius 1 is 1.08 bits per heavy atom. The van der Waals surface area contributed by atoms with Crippen LogP contribution in [0.1, 0.15) is 50.7 Å². The highest BCUT2D eigenvalue weighted by Crippen LogP contribution is 2.47. The smallest absolute Gasteiger partial charge is 0.265 e. The molecule has 6 atom stereocenters.